The summed E-state index contributed by atoms with van der Waals surface area (Å²) in [5.74, 6) is -0.603. The Labute approximate surface area is 177 Å². The van der Waals surface area contributed by atoms with Gasteiger partial charge in [0.2, 0.25) is 5.78 Å². The summed E-state index contributed by atoms with van der Waals surface area (Å²) >= 11 is 0. The highest BCUT2D eigenvalue weighted by molar-refractivity contribution is 6.26. The fourth-order valence-corrected chi connectivity index (χ4v) is 4.88. The van der Waals surface area contributed by atoms with Crippen LogP contribution in [0.5, 0.6) is 0 Å². The Morgan fingerprint density at radius 1 is 1.13 bits per heavy atom. The lowest BCUT2D eigenvalue weighted by molar-refractivity contribution is -0.162. The van der Waals surface area contributed by atoms with E-state index < -0.39 is 23.1 Å². The van der Waals surface area contributed by atoms with Gasteiger partial charge in [0.05, 0.1) is 11.5 Å². The molecular weight excluding hydrogens is 380 g/mol. The first kappa shape index (κ1) is 20.6. The van der Waals surface area contributed by atoms with Crippen molar-refractivity contribution in [1.29, 1.82) is 0 Å². The zero-order chi connectivity index (χ0) is 21.7. The summed E-state index contributed by atoms with van der Waals surface area (Å²) in [7, 11) is 0. The molecule has 0 amide bonds. The van der Waals surface area contributed by atoms with Crippen LogP contribution in [0.2, 0.25) is 0 Å². The Morgan fingerprint density at radius 3 is 2.60 bits per heavy atom. The van der Waals surface area contributed by atoms with Crippen molar-refractivity contribution in [2.24, 2.45) is 11.3 Å². The Balaban J connectivity index is 1.95. The molecule has 1 spiro atoms. The topological polar surface area (TPSA) is 72.8 Å². The lowest BCUT2D eigenvalue weighted by Crippen LogP contribution is -2.53. The van der Waals surface area contributed by atoms with Gasteiger partial charge in [0.15, 0.2) is 5.60 Å². The molecule has 3 heterocycles. The first-order valence-electron chi connectivity index (χ1n) is 10.4. The number of fused-ring (bicyclic) bond motifs is 5. The van der Waals surface area contributed by atoms with Crippen LogP contribution in [0.1, 0.15) is 40.5 Å². The minimum absolute atomic E-state index is 0.0197. The second-order valence-electron chi connectivity index (χ2n) is 9.02. The van der Waals surface area contributed by atoms with Crippen LogP contribution in [0.15, 0.2) is 70.6 Å². The fourth-order valence-electron chi connectivity index (χ4n) is 4.88. The molecule has 4 atom stereocenters. The highest BCUT2D eigenvalue weighted by Gasteiger charge is 2.64. The molecule has 0 aromatic rings. The maximum atomic E-state index is 13.8. The molecule has 158 valence electrons. The summed E-state index contributed by atoms with van der Waals surface area (Å²) in [5.41, 5.74) is 0.782. The van der Waals surface area contributed by atoms with Crippen molar-refractivity contribution in [3.05, 3.63) is 70.6 Å². The van der Waals surface area contributed by atoms with Crippen molar-refractivity contribution < 1.29 is 24.2 Å². The van der Waals surface area contributed by atoms with Gasteiger partial charge >= 0.3 is 5.97 Å². The molecule has 1 fully saturated rings. The maximum absolute atomic E-state index is 13.8. The smallest absolute Gasteiger partial charge is 0.346 e. The molecular formula is C25H28O5. The summed E-state index contributed by atoms with van der Waals surface area (Å²) in [6.45, 7) is 8.19. The average Bonchev–Trinajstić information content (AvgIpc) is 2.91. The first-order valence-corrected chi connectivity index (χ1v) is 10.4. The number of Topliss-reactive ketones (excluding diaryl/α,β-unsaturated/α-hetero) is 1. The monoisotopic (exact) mass is 408 g/mol. The average molecular weight is 408 g/mol. The van der Waals surface area contributed by atoms with Gasteiger partial charge in [0.1, 0.15) is 17.9 Å². The SMILES string of the molecule is CC1=CC2(C)/C=C(C)/C=C/CC(O)/C=C3C=C/C(=C4\C(=O)OC2(CC1C)C4=O)OC/3. The van der Waals surface area contributed by atoms with Gasteiger partial charge in [-0.15, -0.1) is 0 Å². The standard InChI is InChI=1S/C25H28O5/c1-15-6-5-7-19(26)10-18-8-9-20(29-14-18)21-22(27)25(30-23(21)28)13-17(3)16(2)12-24(25,4)11-15/h5-6,8-12,17,19,26H,7,13-14H2,1-4H3/b6-5+,15-11+,18-10-,21-20+. The normalized spacial score (nSPS) is 43.2. The lowest BCUT2D eigenvalue weighted by atomic mass is 9.61. The van der Waals surface area contributed by atoms with E-state index in [2.05, 4.69) is 13.0 Å². The molecule has 30 heavy (non-hydrogen) atoms. The second kappa shape index (κ2) is 7.24. The number of carbonyl (C=O) groups excluding carboxylic acids is 2. The minimum Gasteiger partial charge on any atom is -0.488 e. The zero-order valence-electron chi connectivity index (χ0n) is 17.9. The van der Waals surface area contributed by atoms with Crippen LogP contribution in [0.25, 0.3) is 0 Å². The molecule has 4 unspecified atom stereocenters. The molecule has 5 heteroatoms. The molecule has 1 saturated heterocycles. The molecule has 0 aromatic heterocycles. The van der Waals surface area contributed by atoms with E-state index >= 15 is 0 Å². The third-order valence-corrected chi connectivity index (χ3v) is 6.62. The Morgan fingerprint density at radius 2 is 1.90 bits per heavy atom. The molecule has 5 nitrogen and oxygen atoms in total. The van der Waals surface area contributed by atoms with Crippen molar-refractivity contribution in [3.8, 4) is 0 Å². The van der Waals surface area contributed by atoms with Gasteiger partial charge in [0.25, 0.3) is 0 Å². The van der Waals surface area contributed by atoms with Gasteiger partial charge in [0, 0.05) is 6.42 Å². The largest absolute Gasteiger partial charge is 0.488 e. The Hall–Kier alpha value is -2.66. The highest BCUT2D eigenvalue weighted by atomic mass is 16.6. The summed E-state index contributed by atoms with van der Waals surface area (Å²) < 4.78 is 11.7. The number of aliphatic hydroxyl groups is 1. The van der Waals surface area contributed by atoms with Crippen LogP contribution in [-0.2, 0) is 19.1 Å². The van der Waals surface area contributed by atoms with Crippen LogP contribution >= 0.6 is 0 Å². The molecule has 0 radical (unpaired) electrons. The van der Waals surface area contributed by atoms with Gasteiger partial charge in [-0.3, -0.25) is 4.79 Å². The van der Waals surface area contributed by atoms with Crippen LogP contribution < -0.4 is 0 Å². The summed E-state index contributed by atoms with van der Waals surface area (Å²) in [4.78, 5) is 26.7. The van der Waals surface area contributed by atoms with E-state index in [0.717, 1.165) is 16.7 Å². The highest BCUT2D eigenvalue weighted by Crippen LogP contribution is 2.53. The van der Waals surface area contributed by atoms with E-state index in [1.54, 1.807) is 18.2 Å². The number of rotatable bonds is 0. The molecule has 0 saturated carbocycles. The van der Waals surface area contributed by atoms with Gasteiger partial charge in [-0.1, -0.05) is 48.5 Å². The quantitative estimate of drug-likeness (QED) is 0.374. The fraction of sp³-hybridized carbons (Fsp3) is 0.440. The Bertz CT molecular complexity index is 989. The lowest BCUT2D eigenvalue weighted by Gasteiger charge is -2.45. The van der Waals surface area contributed by atoms with Gasteiger partial charge in [-0.05, 0) is 50.8 Å². The molecule has 2 aliphatic carbocycles. The molecule has 4 bridgehead atoms. The molecule has 3 aliphatic heterocycles. The number of ether oxygens (including phenoxy) is 2. The molecule has 0 aromatic carbocycles. The minimum atomic E-state index is -1.30. The summed E-state index contributed by atoms with van der Waals surface area (Å²) in [6.07, 6.45) is 13.3. The third-order valence-electron chi connectivity index (χ3n) is 6.62. The van der Waals surface area contributed by atoms with Gasteiger partial charge < -0.3 is 14.6 Å². The van der Waals surface area contributed by atoms with Crippen molar-refractivity contribution in [2.75, 3.05) is 6.61 Å². The number of hydrogen-bond acceptors (Lipinski definition) is 5. The van der Waals surface area contributed by atoms with Crippen LogP contribution in [0.3, 0.4) is 0 Å². The number of carbonyl (C=O) groups is 2. The van der Waals surface area contributed by atoms with Crippen LogP contribution in [0, 0.1) is 11.3 Å². The van der Waals surface area contributed by atoms with Crippen molar-refractivity contribution in [1.82, 2.24) is 0 Å². The second-order valence-corrected chi connectivity index (χ2v) is 9.02. The maximum Gasteiger partial charge on any atom is 0.346 e. The summed E-state index contributed by atoms with van der Waals surface area (Å²) in [6, 6.07) is 0. The van der Waals surface area contributed by atoms with Crippen molar-refractivity contribution in [2.45, 2.75) is 52.2 Å². The molecule has 1 N–H and O–H groups in total. The first-order chi connectivity index (χ1) is 14.1. The van der Waals surface area contributed by atoms with E-state index in [1.165, 1.54) is 0 Å². The Kier molecular flexibility index (Phi) is 4.97. The predicted molar refractivity (Wildman–Crippen MR) is 113 cm³/mol. The van der Waals surface area contributed by atoms with Gasteiger partial charge in [-0.2, -0.15) is 0 Å². The van der Waals surface area contributed by atoms with E-state index in [0.29, 0.717) is 12.8 Å². The number of aliphatic hydroxyl groups excluding tert-OH is 1. The third kappa shape index (κ3) is 3.21. The number of ketones is 1. The van der Waals surface area contributed by atoms with E-state index in [4.69, 9.17) is 9.47 Å². The van der Waals surface area contributed by atoms with Crippen molar-refractivity contribution >= 4 is 11.8 Å². The number of esters is 1. The van der Waals surface area contributed by atoms with E-state index in [1.807, 2.05) is 39.0 Å². The number of hydrogen-bond donors (Lipinski definition) is 1. The summed E-state index contributed by atoms with van der Waals surface area (Å²) in [5, 5.41) is 10.3. The van der Waals surface area contributed by atoms with Crippen LogP contribution in [0.4, 0.5) is 0 Å². The van der Waals surface area contributed by atoms with E-state index in [-0.39, 0.29) is 29.6 Å². The zero-order valence-corrected chi connectivity index (χ0v) is 17.9. The molecule has 5 rings (SSSR count). The van der Waals surface area contributed by atoms with Gasteiger partial charge in [-0.25, -0.2) is 4.79 Å². The predicted octanol–water partition coefficient (Wildman–Crippen LogP) is 3.88. The number of allylic oxidation sites excluding steroid dienone is 4. The van der Waals surface area contributed by atoms with Crippen molar-refractivity contribution in [3.63, 3.8) is 0 Å². The molecule has 5 aliphatic rings. The van der Waals surface area contributed by atoms with Crippen LogP contribution in [-0.4, -0.2) is 35.2 Å². The van der Waals surface area contributed by atoms with E-state index in [9.17, 15) is 14.7 Å².